The third-order valence-electron chi connectivity index (χ3n) is 1.88. The van der Waals surface area contributed by atoms with Crippen molar-refractivity contribution in [3.8, 4) is 11.5 Å². The van der Waals surface area contributed by atoms with E-state index in [1.165, 1.54) is 24.4 Å². The van der Waals surface area contributed by atoms with Gasteiger partial charge in [-0.15, -0.1) is 0 Å². The average molecular weight is 177 g/mol. The highest BCUT2D eigenvalue weighted by Gasteiger charge is 2.07. The Bertz CT molecular complexity index is 516. The van der Waals surface area contributed by atoms with Gasteiger partial charge in [-0.25, -0.2) is 0 Å². The summed E-state index contributed by atoms with van der Waals surface area (Å²) in [7, 11) is 0. The van der Waals surface area contributed by atoms with E-state index in [9.17, 15) is 9.90 Å². The van der Waals surface area contributed by atoms with Gasteiger partial charge in [0.15, 0.2) is 16.9 Å². The van der Waals surface area contributed by atoms with E-state index in [0.717, 1.165) is 0 Å². The Labute approximate surface area is 73.1 Å². The summed E-state index contributed by atoms with van der Waals surface area (Å²) >= 11 is 0. The first-order valence-corrected chi connectivity index (χ1v) is 3.72. The van der Waals surface area contributed by atoms with E-state index in [2.05, 4.69) is 4.98 Å². The summed E-state index contributed by atoms with van der Waals surface area (Å²) < 4.78 is 0. The number of pyridine rings is 1. The number of fused-ring (bicyclic) bond motifs is 1. The summed E-state index contributed by atoms with van der Waals surface area (Å²) in [4.78, 5) is 14.0. The van der Waals surface area contributed by atoms with Gasteiger partial charge in [0, 0.05) is 12.3 Å². The number of H-pyrrole nitrogens is 1. The Morgan fingerprint density at radius 1 is 1.15 bits per heavy atom. The van der Waals surface area contributed by atoms with E-state index >= 15 is 0 Å². The first-order valence-electron chi connectivity index (χ1n) is 3.72. The van der Waals surface area contributed by atoms with Gasteiger partial charge in [-0.2, -0.15) is 0 Å². The summed E-state index contributed by atoms with van der Waals surface area (Å²) in [6, 6.07) is 4.15. The molecule has 0 unspecified atom stereocenters. The SMILES string of the molecule is O=c1cc[nH]c2ccc(O)c(O)c12. The minimum atomic E-state index is -0.376. The van der Waals surface area contributed by atoms with Gasteiger partial charge in [-0.05, 0) is 12.1 Å². The molecule has 3 N–H and O–H groups in total. The fraction of sp³-hybridized carbons (Fsp3) is 0. The molecule has 0 radical (unpaired) electrons. The Hall–Kier alpha value is -1.97. The predicted octanol–water partition coefficient (Wildman–Crippen LogP) is 0.939. The molecule has 0 fully saturated rings. The lowest BCUT2D eigenvalue weighted by Gasteiger charge is -2.00. The second-order valence-corrected chi connectivity index (χ2v) is 2.70. The van der Waals surface area contributed by atoms with Gasteiger partial charge in [0.05, 0.1) is 10.9 Å². The maximum atomic E-state index is 11.3. The third kappa shape index (κ3) is 1.03. The van der Waals surface area contributed by atoms with Crippen molar-refractivity contribution >= 4 is 10.9 Å². The molecule has 0 aliphatic carbocycles. The fourth-order valence-electron chi connectivity index (χ4n) is 1.24. The third-order valence-corrected chi connectivity index (χ3v) is 1.88. The number of aromatic hydroxyl groups is 2. The zero-order chi connectivity index (χ0) is 9.42. The van der Waals surface area contributed by atoms with Crippen LogP contribution >= 0.6 is 0 Å². The van der Waals surface area contributed by atoms with Crippen LogP contribution in [-0.4, -0.2) is 15.2 Å². The number of phenolic OH excluding ortho intramolecular Hbond substituents is 2. The van der Waals surface area contributed by atoms with Crippen LogP contribution in [0.2, 0.25) is 0 Å². The van der Waals surface area contributed by atoms with Crippen LogP contribution < -0.4 is 5.43 Å². The van der Waals surface area contributed by atoms with Gasteiger partial charge >= 0.3 is 0 Å². The van der Waals surface area contributed by atoms with E-state index in [1.807, 2.05) is 0 Å². The van der Waals surface area contributed by atoms with Crippen molar-refractivity contribution in [1.82, 2.24) is 4.98 Å². The Morgan fingerprint density at radius 2 is 1.92 bits per heavy atom. The van der Waals surface area contributed by atoms with Gasteiger partial charge in [0.25, 0.3) is 0 Å². The molecule has 0 atom stereocenters. The molecular formula is C9H7NO3. The molecular weight excluding hydrogens is 170 g/mol. The predicted molar refractivity (Wildman–Crippen MR) is 47.9 cm³/mol. The lowest BCUT2D eigenvalue weighted by Crippen LogP contribution is -1.99. The molecule has 0 aliphatic heterocycles. The lowest BCUT2D eigenvalue weighted by atomic mass is 10.2. The van der Waals surface area contributed by atoms with Crippen LogP contribution in [0.4, 0.5) is 0 Å². The first-order chi connectivity index (χ1) is 6.20. The normalized spacial score (nSPS) is 10.5. The standard InChI is InChI=1S/C9H7NO3/c11-6-3-4-10-5-1-2-7(12)9(13)8(5)6/h1-4,12-13H,(H,10,11). The van der Waals surface area contributed by atoms with E-state index in [1.54, 1.807) is 0 Å². The minimum absolute atomic E-state index is 0.113. The second kappa shape index (κ2) is 2.52. The van der Waals surface area contributed by atoms with Crippen LogP contribution in [0.1, 0.15) is 0 Å². The largest absolute Gasteiger partial charge is 0.504 e. The van der Waals surface area contributed by atoms with E-state index in [4.69, 9.17) is 5.11 Å². The first kappa shape index (κ1) is 7.67. The number of phenols is 2. The quantitative estimate of drug-likeness (QED) is 0.524. The highest BCUT2D eigenvalue weighted by Crippen LogP contribution is 2.29. The van der Waals surface area contributed by atoms with E-state index < -0.39 is 0 Å². The van der Waals surface area contributed by atoms with Crippen LogP contribution in [-0.2, 0) is 0 Å². The van der Waals surface area contributed by atoms with Gasteiger partial charge in [-0.3, -0.25) is 4.79 Å². The van der Waals surface area contributed by atoms with Crippen molar-refractivity contribution in [2.45, 2.75) is 0 Å². The molecule has 1 aromatic carbocycles. The summed E-state index contributed by atoms with van der Waals surface area (Å²) in [5.41, 5.74) is 0.185. The van der Waals surface area contributed by atoms with Gasteiger partial charge < -0.3 is 15.2 Å². The zero-order valence-corrected chi connectivity index (χ0v) is 6.61. The molecule has 0 amide bonds. The van der Waals surface area contributed by atoms with Crippen molar-refractivity contribution in [2.24, 2.45) is 0 Å². The molecule has 1 aromatic heterocycles. The molecule has 13 heavy (non-hydrogen) atoms. The van der Waals surface area contributed by atoms with E-state index in [0.29, 0.717) is 5.52 Å². The molecule has 0 saturated carbocycles. The number of rotatable bonds is 0. The molecule has 0 saturated heterocycles. The maximum absolute atomic E-state index is 11.3. The molecule has 0 bridgehead atoms. The molecule has 2 rings (SSSR count). The van der Waals surface area contributed by atoms with Crippen LogP contribution in [0.15, 0.2) is 29.2 Å². The monoisotopic (exact) mass is 177 g/mol. The van der Waals surface area contributed by atoms with Crippen LogP contribution in [0, 0.1) is 0 Å². The number of hydrogen-bond donors (Lipinski definition) is 3. The topological polar surface area (TPSA) is 73.3 Å². The fourth-order valence-corrected chi connectivity index (χ4v) is 1.24. The highest BCUT2D eigenvalue weighted by molar-refractivity contribution is 5.86. The molecule has 4 heteroatoms. The summed E-state index contributed by atoms with van der Waals surface area (Å²) in [6.07, 6.45) is 1.49. The lowest BCUT2D eigenvalue weighted by molar-refractivity contribution is 0.408. The molecule has 1 heterocycles. The molecule has 66 valence electrons. The van der Waals surface area contributed by atoms with Crippen molar-refractivity contribution in [3.05, 3.63) is 34.6 Å². The van der Waals surface area contributed by atoms with Crippen LogP contribution in [0.25, 0.3) is 10.9 Å². The second-order valence-electron chi connectivity index (χ2n) is 2.70. The minimum Gasteiger partial charge on any atom is -0.504 e. The Balaban J connectivity index is 3.06. The van der Waals surface area contributed by atoms with Crippen molar-refractivity contribution in [3.63, 3.8) is 0 Å². The number of aromatic amines is 1. The molecule has 2 aromatic rings. The number of hydrogen-bond acceptors (Lipinski definition) is 3. The number of aromatic nitrogens is 1. The Morgan fingerprint density at radius 3 is 2.69 bits per heavy atom. The summed E-state index contributed by atoms with van der Waals surface area (Å²) in [6.45, 7) is 0. The van der Waals surface area contributed by atoms with Gasteiger partial charge in [0.2, 0.25) is 0 Å². The highest BCUT2D eigenvalue weighted by atomic mass is 16.3. The number of nitrogens with one attached hydrogen (secondary N) is 1. The van der Waals surface area contributed by atoms with Crippen molar-refractivity contribution < 1.29 is 10.2 Å². The zero-order valence-electron chi connectivity index (χ0n) is 6.61. The van der Waals surface area contributed by atoms with Crippen LogP contribution in [0.3, 0.4) is 0 Å². The van der Waals surface area contributed by atoms with Gasteiger partial charge in [0.1, 0.15) is 0 Å². The molecule has 4 nitrogen and oxygen atoms in total. The van der Waals surface area contributed by atoms with Gasteiger partial charge in [-0.1, -0.05) is 0 Å². The van der Waals surface area contributed by atoms with Crippen molar-refractivity contribution in [2.75, 3.05) is 0 Å². The molecule has 0 aliphatic rings. The van der Waals surface area contributed by atoms with Crippen molar-refractivity contribution in [1.29, 1.82) is 0 Å². The molecule has 0 spiro atoms. The average Bonchev–Trinajstić information content (AvgIpc) is 2.12. The summed E-state index contributed by atoms with van der Waals surface area (Å²) in [5.74, 6) is -0.663. The van der Waals surface area contributed by atoms with E-state index in [-0.39, 0.29) is 22.3 Å². The maximum Gasteiger partial charge on any atom is 0.193 e. The van der Waals surface area contributed by atoms with Crippen LogP contribution in [0.5, 0.6) is 11.5 Å². The Kier molecular flexibility index (Phi) is 1.48. The summed E-state index contributed by atoms with van der Waals surface area (Å²) in [5, 5.41) is 18.6. The smallest absolute Gasteiger partial charge is 0.193 e. The number of benzene rings is 1.